The van der Waals surface area contributed by atoms with Crippen LogP contribution in [0.1, 0.15) is 67.2 Å². The molecule has 0 fully saturated rings. The van der Waals surface area contributed by atoms with Gasteiger partial charge < -0.3 is 10.1 Å². The van der Waals surface area contributed by atoms with Crippen molar-refractivity contribution >= 4 is 5.91 Å². The molecule has 0 aliphatic carbocycles. The second kappa shape index (κ2) is 9.41. The molecule has 0 saturated heterocycles. The summed E-state index contributed by atoms with van der Waals surface area (Å²) in [6, 6.07) is 17.9. The van der Waals surface area contributed by atoms with Crippen molar-refractivity contribution in [1.82, 2.24) is 15.5 Å². The van der Waals surface area contributed by atoms with E-state index in [1.807, 2.05) is 24.3 Å². The summed E-state index contributed by atoms with van der Waals surface area (Å²) in [5, 5.41) is 10.3. The summed E-state index contributed by atoms with van der Waals surface area (Å²) in [5.74, 6) is 1.13. The van der Waals surface area contributed by atoms with Crippen LogP contribution in [0.25, 0.3) is 11.3 Å². The van der Waals surface area contributed by atoms with E-state index in [1.54, 1.807) is 13.2 Å². The second-order valence-electron chi connectivity index (χ2n) is 7.31. The molecule has 2 atom stereocenters. The fourth-order valence-electron chi connectivity index (χ4n) is 3.32. The third-order valence-corrected chi connectivity index (χ3v) is 5.42. The van der Waals surface area contributed by atoms with Crippen molar-refractivity contribution in [2.24, 2.45) is 0 Å². The van der Waals surface area contributed by atoms with Crippen molar-refractivity contribution in [3.63, 3.8) is 0 Å². The number of aromatic nitrogens is 2. The molecule has 0 aliphatic heterocycles. The summed E-state index contributed by atoms with van der Waals surface area (Å²) in [6.07, 6.45) is 1.92. The average molecular weight is 392 g/mol. The van der Waals surface area contributed by atoms with E-state index in [-0.39, 0.29) is 11.9 Å². The van der Waals surface area contributed by atoms with Crippen molar-refractivity contribution in [2.75, 3.05) is 7.11 Å². The van der Waals surface area contributed by atoms with Gasteiger partial charge in [0.15, 0.2) is 0 Å². The van der Waals surface area contributed by atoms with Crippen LogP contribution in [-0.4, -0.2) is 23.2 Å². The van der Waals surface area contributed by atoms with Crippen LogP contribution in [0.2, 0.25) is 0 Å². The van der Waals surface area contributed by atoms with E-state index in [1.165, 1.54) is 5.56 Å². The van der Waals surface area contributed by atoms with Crippen LogP contribution in [-0.2, 0) is 0 Å². The minimum atomic E-state index is -0.163. The van der Waals surface area contributed by atoms with Crippen LogP contribution in [0.5, 0.6) is 5.75 Å². The number of amides is 1. The summed E-state index contributed by atoms with van der Waals surface area (Å²) in [6.45, 7) is 6.49. The molecule has 0 aliphatic rings. The monoisotopic (exact) mass is 391 g/mol. The van der Waals surface area contributed by atoms with Crippen LogP contribution in [0.4, 0.5) is 0 Å². The maximum absolute atomic E-state index is 12.8. The lowest BCUT2D eigenvalue weighted by molar-refractivity contribution is 0.0930. The van der Waals surface area contributed by atoms with Gasteiger partial charge in [-0.05, 0) is 48.1 Å². The highest BCUT2D eigenvalue weighted by Gasteiger charge is 2.17. The number of nitrogens with zero attached hydrogens (tertiary/aromatic N) is 1. The Kier molecular flexibility index (Phi) is 6.70. The van der Waals surface area contributed by atoms with Crippen molar-refractivity contribution in [3.05, 3.63) is 71.4 Å². The van der Waals surface area contributed by atoms with E-state index in [9.17, 15) is 4.79 Å². The molecule has 0 bridgehead atoms. The molecule has 1 heterocycles. The standard InChI is InChI=1S/C24H29N3O2/c1-5-16(3)17-10-12-18(13-11-17)21(6-2)25-24(28)23-15-22(26-27-23)19-8-7-9-20(14-19)29-4/h7-16,21H,5-6H2,1-4H3,(H,25,28)(H,26,27). The lowest BCUT2D eigenvalue weighted by Crippen LogP contribution is -2.28. The number of aromatic amines is 1. The molecule has 1 aromatic heterocycles. The zero-order chi connectivity index (χ0) is 20.8. The molecular weight excluding hydrogens is 362 g/mol. The number of nitrogens with one attached hydrogen (secondary N) is 2. The van der Waals surface area contributed by atoms with Crippen LogP contribution in [0.3, 0.4) is 0 Å². The number of hydrogen-bond acceptors (Lipinski definition) is 3. The lowest BCUT2D eigenvalue weighted by atomic mass is 9.95. The molecule has 2 unspecified atom stereocenters. The number of ether oxygens (including phenoxy) is 1. The Bertz CT molecular complexity index is 947. The van der Waals surface area contributed by atoms with Crippen LogP contribution in [0.15, 0.2) is 54.6 Å². The van der Waals surface area contributed by atoms with Gasteiger partial charge in [-0.3, -0.25) is 9.89 Å². The zero-order valence-electron chi connectivity index (χ0n) is 17.5. The Hall–Kier alpha value is -3.08. The first-order valence-corrected chi connectivity index (χ1v) is 10.2. The number of carbonyl (C=O) groups excluding carboxylic acids is 1. The second-order valence-corrected chi connectivity index (χ2v) is 7.31. The largest absolute Gasteiger partial charge is 0.497 e. The molecule has 0 saturated carbocycles. The third-order valence-electron chi connectivity index (χ3n) is 5.42. The van der Waals surface area contributed by atoms with Crippen LogP contribution < -0.4 is 10.1 Å². The van der Waals surface area contributed by atoms with Crippen LogP contribution in [0, 0.1) is 0 Å². The number of benzene rings is 2. The maximum atomic E-state index is 12.8. The topological polar surface area (TPSA) is 67.0 Å². The van der Waals surface area contributed by atoms with Crippen molar-refractivity contribution in [2.45, 2.75) is 45.6 Å². The minimum Gasteiger partial charge on any atom is -0.497 e. The first-order valence-electron chi connectivity index (χ1n) is 10.2. The number of H-pyrrole nitrogens is 1. The molecule has 0 spiro atoms. The molecule has 152 valence electrons. The Labute approximate surface area is 172 Å². The van der Waals surface area contributed by atoms with E-state index in [4.69, 9.17) is 4.74 Å². The number of methoxy groups -OCH3 is 1. The molecule has 5 heteroatoms. The van der Waals surface area contributed by atoms with Crippen molar-refractivity contribution in [3.8, 4) is 17.0 Å². The molecule has 5 nitrogen and oxygen atoms in total. The Balaban J connectivity index is 1.72. The SMILES string of the molecule is CCC(C)c1ccc(C(CC)NC(=O)c2cc(-c3cccc(OC)c3)n[nH]2)cc1. The summed E-state index contributed by atoms with van der Waals surface area (Å²) in [5.41, 5.74) is 4.49. The summed E-state index contributed by atoms with van der Waals surface area (Å²) in [4.78, 5) is 12.8. The van der Waals surface area contributed by atoms with Gasteiger partial charge in [0.2, 0.25) is 0 Å². The third kappa shape index (κ3) is 4.86. The predicted octanol–water partition coefficient (Wildman–Crippen LogP) is 5.48. The van der Waals surface area contributed by atoms with E-state index in [0.717, 1.165) is 29.7 Å². The number of carbonyl (C=O) groups is 1. The Morgan fingerprint density at radius 3 is 2.45 bits per heavy atom. The summed E-state index contributed by atoms with van der Waals surface area (Å²) >= 11 is 0. The average Bonchev–Trinajstić information content (AvgIpc) is 3.27. The van der Waals surface area contributed by atoms with E-state index < -0.39 is 0 Å². The Morgan fingerprint density at radius 2 is 1.79 bits per heavy atom. The molecule has 29 heavy (non-hydrogen) atoms. The molecule has 0 radical (unpaired) electrons. The normalized spacial score (nSPS) is 13.0. The fourth-order valence-corrected chi connectivity index (χ4v) is 3.32. The van der Waals surface area contributed by atoms with Gasteiger partial charge in [-0.15, -0.1) is 0 Å². The first-order chi connectivity index (χ1) is 14.0. The van der Waals surface area contributed by atoms with Gasteiger partial charge in [0.05, 0.1) is 18.8 Å². The first kappa shape index (κ1) is 20.6. The molecule has 1 amide bonds. The van der Waals surface area contributed by atoms with Crippen molar-refractivity contribution < 1.29 is 9.53 Å². The highest BCUT2D eigenvalue weighted by atomic mass is 16.5. The minimum absolute atomic E-state index is 0.0444. The number of hydrogen-bond donors (Lipinski definition) is 2. The van der Waals surface area contributed by atoms with Gasteiger partial charge in [0.1, 0.15) is 11.4 Å². The summed E-state index contributed by atoms with van der Waals surface area (Å²) in [7, 11) is 1.63. The molecule has 2 aromatic carbocycles. The predicted molar refractivity (Wildman–Crippen MR) is 116 cm³/mol. The fraction of sp³-hybridized carbons (Fsp3) is 0.333. The Morgan fingerprint density at radius 1 is 1.07 bits per heavy atom. The van der Waals surface area contributed by atoms with Crippen molar-refractivity contribution in [1.29, 1.82) is 0 Å². The lowest BCUT2D eigenvalue weighted by Gasteiger charge is -2.18. The van der Waals surface area contributed by atoms with Gasteiger partial charge in [-0.1, -0.05) is 57.2 Å². The van der Waals surface area contributed by atoms with E-state index >= 15 is 0 Å². The molecule has 3 rings (SSSR count). The quantitative estimate of drug-likeness (QED) is 0.534. The maximum Gasteiger partial charge on any atom is 0.269 e. The zero-order valence-corrected chi connectivity index (χ0v) is 17.5. The molecule has 3 aromatic rings. The van der Waals surface area contributed by atoms with E-state index in [0.29, 0.717) is 17.3 Å². The van der Waals surface area contributed by atoms with Gasteiger partial charge in [-0.2, -0.15) is 5.10 Å². The van der Waals surface area contributed by atoms with Gasteiger partial charge in [0, 0.05) is 5.56 Å². The smallest absolute Gasteiger partial charge is 0.269 e. The van der Waals surface area contributed by atoms with Crippen LogP contribution >= 0.6 is 0 Å². The number of rotatable bonds is 8. The van der Waals surface area contributed by atoms with Gasteiger partial charge in [-0.25, -0.2) is 0 Å². The van der Waals surface area contributed by atoms with Gasteiger partial charge in [0.25, 0.3) is 5.91 Å². The molecule has 2 N–H and O–H groups in total. The summed E-state index contributed by atoms with van der Waals surface area (Å²) < 4.78 is 5.26. The van der Waals surface area contributed by atoms with Gasteiger partial charge >= 0.3 is 0 Å². The van der Waals surface area contributed by atoms with E-state index in [2.05, 4.69) is 60.6 Å². The highest BCUT2D eigenvalue weighted by Crippen LogP contribution is 2.24. The molecular formula is C24H29N3O2. The highest BCUT2D eigenvalue weighted by molar-refractivity contribution is 5.93.